The van der Waals surface area contributed by atoms with Crippen LogP contribution >= 0.6 is 11.8 Å². The van der Waals surface area contributed by atoms with E-state index in [1.54, 1.807) is 28.8 Å². The number of thioether (sulfide) groups is 1. The Hall–Kier alpha value is -1.09. The van der Waals surface area contributed by atoms with E-state index >= 15 is 0 Å². The van der Waals surface area contributed by atoms with Crippen molar-refractivity contribution in [2.45, 2.75) is 24.3 Å². The number of nitrogens with zero attached hydrogens (tertiary/aromatic N) is 2. The fourth-order valence-corrected chi connectivity index (χ4v) is 5.32. The summed E-state index contributed by atoms with van der Waals surface area (Å²) < 4.78 is 26.9. The van der Waals surface area contributed by atoms with Crippen molar-refractivity contribution in [2.24, 2.45) is 0 Å². The van der Waals surface area contributed by atoms with Crippen molar-refractivity contribution in [3.63, 3.8) is 0 Å². The first-order chi connectivity index (χ1) is 11.5. The number of amides is 1. The number of rotatable bonds is 4. The maximum Gasteiger partial charge on any atom is 0.243 e. The molecule has 8 heteroatoms. The molecule has 24 heavy (non-hydrogen) atoms. The van der Waals surface area contributed by atoms with Gasteiger partial charge in [-0.1, -0.05) is 19.1 Å². The molecule has 1 unspecified atom stereocenters. The highest BCUT2D eigenvalue weighted by atomic mass is 32.2. The molecule has 2 heterocycles. The first-order valence-corrected chi connectivity index (χ1v) is 10.8. The largest absolute Gasteiger partial charge is 0.339 e. The number of carbonyl (C=O) groups excluding carboxylic acids is 1. The SMILES string of the molecule is CCc1ccc(S(=O)(=O)N2CCN(C(=O)C3CSCN3)CC2)cc1. The Balaban J connectivity index is 1.63. The number of carbonyl (C=O) groups is 1. The first kappa shape index (κ1) is 17.7. The molecule has 2 saturated heterocycles. The van der Waals surface area contributed by atoms with E-state index in [-0.39, 0.29) is 11.9 Å². The van der Waals surface area contributed by atoms with Gasteiger partial charge in [0.25, 0.3) is 0 Å². The molecule has 1 aromatic carbocycles. The van der Waals surface area contributed by atoms with Crippen LogP contribution in [0.4, 0.5) is 0 Å². The second-order valence-electron chi connectivity index (χ2n) is 6.00. The van der Waals surface area contributed by atoms with E-state index in [0.29, 0.717) is 31.1 Å². The van der Waals surface area contributed by atoms with Gasteiger partial charge < -0.3 is 4.90 Å². The Morgan fingerprint density at radius 1 is 1.21 bits per heavy atom. The number of nitrogens with one attached hydrogen (secondary N) is 1. The molecule has 1 N–H and O–H groups in total. The third-order valence-electron chi connectivity index (χ3n) is 4.53. The van der Waals surface area contributed by atoms with Crippen LogP contribution < -0.4 is 5.32 Å². The molecule has 0 radical (unpaired) electrons. The van der Waals surface area contributed by atoms with Crippen molar-refractivity contribution >= 4 is 27.7 Å². The van der Waals surface area contributed by atoms with Crippen LogP contribution in [0.25, 0.3) is 0 Å². The van der Waals surface area contributed by atoms with E-state index in [1.165, 1.54) is 4.31 Å². The maximum absolute atomic E-state index is 12.7. The lowest BCUT2D eigenvalue weighted by atomic mass is 10.2. The van der Waals surface area contributed by atoms with Crippen LogP contribution in [0.15, 0.2) is 29.2 Å². The van der Waals surface area contributed by atoms with Crippen molar-refractivity contribution in [2.75, 3.05) is 37.8 Å². The van der Waals surface area contributed by atoms with Gasteiger partial charge in [0.1, 0.15) is 0 Å². The zero-order valence-electron chi connectivity index (χ0n) is 13.8. The lowest BCUT2D eigenvalue weighted by molar-refractivity contribution is -0.133. The van der Waals surface area contributed by atoms with Crippen LogP contribution in [0.1, 0.15) is 12.5 Å². The fraction of sp³-hybridized carbons (Fsp3) is 0.562. The second-order valence-corrected chi connectivity index (χ2v) is 8.97. The smallest absolute Gasteiger partial charge is 0.243 e. The second kappa shape index (κ2) is 7.43. The van der Waals surface area contributed by atoms with E-state index in [2.05, 4.69) is 5.32 Å². The molecule has 1 aromatic rings. The Labute approximate surface area is 147 Å². The standard InChI is InChI=1S/C16H23N3O3S2/c1-2-13-3-5-14(6-4-13)24(21,22)19-9-7-18(8-10-19)16(20)15-11-23-12-17-15/h3-6,15,17H,2,7-12H2,1H3. The van der Waals surface area contributed by atoms with Gasteiger partial charge in [0.15, 0.2) is 0 Å². The third kappa shape index (κ3) is 3.61. The van der Waals surface area contributed by atoms with Gasteiger partial charge in [-0.05, 0) is 24.1 Å². The molecule has 2 aliphatic rings. The van der Waals surface area contributed by atoms with Crippen molar-refractivity contribution < 1.29 is 13.2 Å². The predicted molar refractivity (Wildman–Crippen MR) is 95.4 cm³/mol. The summed E-state index contributed by atoms with van der Waals surface area (Å²) >= 11 is 1.71. The molecule has 132 valence electrons. The van der Waals surface area contributed by atoms with Gasteiger partial charge in [-0.25, -0.2) is 8.42 Å². The molecule has 0 saturated carbocycles. The summed E-state index contributed by atoms with van der Waals surface area (Å²) in [5.41, 5.74) is 1.12. The van der Waals surface area contributed by atoms with Crippen molar-refractivity contribution in [3.8, 4) is 0 Å². The number of hydrogen-bond acceptors (Lipinski definition) is 5. The van der Waals surface area contributed by atoms with Gasteiger partial charge in [-0.2, -0.15) is 4.31 Å². The van der Waals surface area contributed by atoms with E-state index in [4.69, 9.17) is 0 Å². The number of piperazine rings is 1. The molecule has 0 spiro atoms. The summed E-state index contributed by atoms with van der Waals surface area (Å²) in [6.07, 6.45) is 0.884. The first-order valence-electron chi connectivity index (χ1n) is 8.21. The maximum atomic E-state index is 12.7. The van der Waals surface area contributed by atoms with Crippen molar-refractivity contribution in [3.05, 3.63) is 29.8 Å². The topological polar surface area (TPSA) is 69.7 Å². The Kier molecular flexibility index (Phi) is 5.49. The van der Waals surface area contributed by atoms with E-state index < -0.39 is 10.0 Å². The van der Waals surface area contributed by atoms with E-state index in [0.717, 1.165) is 23.6 Å². The van der Waals surface area contributed by atoms with Gasteiger partial charge in [-0.15, -0.1) is 11.8 Å². The normalized spacial score (nSPS) is 22.7. The zero-order valence-corrected chi connectivity index (χ0v) is 15.4. The zero-order chi connectivity index (χ0) is 17.2. The summed E-state index contributed by atoms with van der Waals surface area (Å²) in [6.45, 7) is 3.65. The van der Waals surface area contributed by atoms with Crippen molar-refractivity contribution in [1.82, 2.24) is 14.5 Å². The van der Waals surface area contributed by atoms with Gasteiger partial charge in [0, 0.05) is 37.8 Å². The molecule has 2 aliphatic heterocycles. The van der Waals surface area contributed by atoms with E-state index in [1.807, 2.05) is 19.1 Å². The average Bonchev–Trinajstić information content (AvgIpc) is 3.16. The molecule has 1 atom stereocenters. The van der Waals surface area contributed by atoms with Crippen LogP contribution in [0.3, 0.4) is 0 Å². The molecular formula is C16H23N3O3S2. The number of aryl methyl sites for hydroxylation is 1. The summed E-state index contributed by atoms with van der Waals surface area (Å²) in [4.78, 5) is 14.5. The fourth-order valence-electron chi connectivity index (χ4n) is 2.97. The molecular weight excluding hydrogens is 346 g/mol. The highest BCUT2D eigenvalue weighted by Gasteiger charge is 2.33. The predicted octanol–water partition coefficient (Wildman–Crippen LogP) is 0.744. The van der Waals surface area contributed by atoms with Crippen LogP contribution in [0.5, 0.6) is 0 Å². The Bertz CT molecular complexity index is 677. The number of sulfonamides is 1. The highest BCUT2D eigenvalue weighted by molar-refractivity contribution is 7.99. The van der Waals surface area contributed by atoms with Gasteiger partial charge in [0.05, 0.1) is 10.9 Å². The summed E-state index contributed by atoms with van der Waals surface area (Å²) in [6, 6.07) is 6.93. The lowest BCUT2D eigenvalue weighted by Gasteiger charge is -2.35. The minimum absolute atomic E-state index is 0.0874. The molecule has 0 aromatic heterocycles. The molecule has 0 aliphatic carbocycles. The summed E-state index contributed by atoms with van der Waals surface area (Å²) in [5.74, 6) is 1.68. The lowest BCUT2D eigenvalue weighted by Crippen LogP contribution is -2.54. The molecule has 6 nitrogen and oxygen atoms in total. The van der Waals surface area contributed by atoms with Gasteiger partial charge >= 0.3 is 0 Å². The highest BCUT2D eigenvalue weighted by Crippen LogP contribution is 2.19. The Morgan fingerprint density at radius 2 is 1.88 bits per heavy atom. The minimum atomic E-state index is -3.48. The van der Waals surface area contributed by atoms with Crippen LogP contribution in [0.2, 0.25) is 0 Å². The minimum Gasteiger partial charge on any atom is -0.339 e. The molecule has 3 rings (SSSR count). The molecule has 1 amide bonds. The van der Waals surface area contributed by atoms with Gasteiger partial charge in [0.2, 0.25) is 15.9 Å². The average molecular weight is 370 g/mol. The van der Waals surface area contributed by atoms with Crippen LogP contribution in [0, 0.1) is 0 Å². The summed E-state index contributed by atoms with van der Waals surface area (Å²) in [5, 5.41) is 3.17. The van der Waals surface area contributed by atoms with Gasteiger partial charge in [-0.3, -0.25) is 10.1 Å². The number of benzene rings is 1. The third-order valence-corrected chi connectivity index (χ3v) is 7.39. The van der Waals surface area contributed by atoms with Crippen LogP contribution in [-0.2, 0) is 21.2 Å². The molecule has 2 fully saturated rings. The van der Waals surface area contributed by atoms with Crippen LogP contribution in [-0.4, -0.2) is 67.4 Å². The number of hydrogen-bond donors (Lipinski definition) is 1. The quantitative estimate of drug-likeness (QED) is 0.848. The summed E-state index contributed by atoms with van der Waals surface area (Å²) in [7, 11) is -3.48. The molecule has 0 bridgehead atoms. The monoisotopic (exact) mass is 369 g/mol. The van der Waals surface area contributed by atoms with E-state index in [9.17, 15) is 13.2 Å². The van der Waals surface area contributed by atoms with Crippen molar-refractivity contribution in [1.29, 1.82) is 0 Å². The Morgan fingerprint density at radius 3 is 2.42 bits per heavy atom.